The van der Waals surface area contributed by atoms with Gasteiger partial charge in [-0.2, -0.15) is 0 Å². The smallest absolute Gasteiger partial charge is 0.164 e. The van der Waals surface area contributed by atoms with Crippen LogP contribution in [-0.4, -0.2) is 32.2 Å². The molecule has 0 radical (unpaired) electrons. The third kappa shape index (κ3) is 2.56. The zero-order valence-electron chi connectivity index (χ0n) is 17.2. The first kappa shape index (κ1) is 18.3. The molecule has 5 rings (SSSR count). The summed E-state index contributed by atoms with van der Waals surface area (Å²) in [7, 11) is 3.29. The van der Waals surface area contributed by atoms with Crippen LogP contribution in [0.5, 0.6) is 23.0 Å². The lowest BCUT2D eigenvalue weighted by Gasteiger charge is -2.54. The van der Waals surface area contributed by atoms with Gasteiger partial charge in [-0.05, 0) is 36.1 Å². The fraction of sp³-hybridized carbons (Fsp3) is 0.458. The van der Waals surface area contributed by atoms with Crippen LogP contribution in [0.4, 0.5) is 0 Å². The average Bonchev–Trinajstić information content (AvgIpc) is 2.74. The van der Waals surface area contributed by atoms with Crippen molar-refractivity contribution in [3.63, 3.8) is 0 Å². The van der Waals surface area contributed by atoms with Gasteiger partial charge in [0.05, 0.1) is 26.1 Å². The Morgan fingerprint density at radius 1 is 0.828 bits per heavy atom. The number of methoxy groups -OCH3 is 2. The third-order valence-electron chi connectivity index (χ3n) is 6.86. The monoisotopic (exact) mass is 394 g/mol. The summed E-state index contributed by atoms with van der Waals surface area (Å²) < 4.78 is 24.0. The molecule has 5 nitrogen and oxygen atoms in total. The van der Waals surface area contributed by atoms with Crippen LogP contribution in [0.2, 0.25) is 0 Å². The largest absolute Gasteiger partial charge is 0.493 e. The Labute approximate surface area is 170 Å². The highest BCUT2D eigenvalue weighted by atomic mass is 16.5. The number of ketones is 1. The quantitative estimate of drug-likeness (QED) is 0.774. The highest BCUT2D eigenvalue weighted by Gasteiger charge is 2.60. The molecule has 0 saturated heterocycles. The molecule has 3 aliphatic rings. The average molecular weight is 394 g/mol. The molecule has 2 aliphatic heterocycles. The Balaban J connectivity index is 1.57. The minimum absolute atomic E-state index is 0.179. The van der Waals surface area contributed by atoms with E-state index < -0.39 is 0 Å². The van der Waals surface area contributed by atoms with Crippen molar-refractivity contribution in [3.8, 4) is 23.0 Å². The van der Waals surface area contributed by atoms with Crippen molar-refractivity contribution in [3.05, 3.63) is 47.5 Å². The first-order valence-corrected chi connectivity index (χ1v) is 10.1. The molecular formula is C24H26O5. The second-order valence-electron chi connectivity index (χ2n) is 8.82. The summed E-state index contributed by atoms with van der Waals surface area (Å²) in [6.45, 7) is 4.30. The molecule has 0 spiro atoms. The van der Waals surface area contributed by atoms with E-state index in [2.05, 4.69) is 13.8 Å². The van der Waals surface area contributed by atoms with Crippen LogP contribution >= 0.6 is 0 Å². The molecule has 0 N–H and O–H groups in total. The SMILES string of the molecule is COc1cccc2c1O[C@@H]1[C@H](C2)C(=O)[C@@H]2Cc3cccc(OC)c3O[C@@H]2C1(C)C. The van der Waals surface area contributed by atoms with Crippen LogP contribution in [-0.2, 0) is 17.6 Å². The first-order valence-electron chi connectivity index (χ1n) is 10.1. The maximum atomic E-state index is 13.6. The Hall–Kier alpha value is -2.69. The van der Waals surface area contributed by atoms with Gasteiger partial charge in [0.2, 0.25) is 0 Å². The molecule has 4 atom stereocenters. The topological polar surface area (TPSA) is 54.0 Å². The second-order valence-corrected chi connectivity index (χ2v) is 8.82. The summed E-state index contributed by atoms with van der Waals surface area (Å²) in [6.07, 6.45) is 0.814. The van der Waals surface area contributed by atoms with Crippen molar-refractivity contribution in [1.82, 2.24) is 0 Å². The van der Waals surface area contributed by atoms with Gasteiger partial charge in [-0.15, -0.1) is 0 Å². The highest BCUT2D eigenvalue weighted by Crippen LogP contribution is 2.53. The number of carbonyl (C=O) groups is 1. The molecule has 2 heterocycles. The Kier molecular flexibility index (Phi) is 4.05. The summed E-state index contributed by atoms with van der Waals surface area (Å²) >= 11 is 0. The van der Waals surface area contributed by atoms with Crippen molar-refractivity contribution in [1.29, 1.82) is 0 Å². The zero-order chi connectivity index (χ0) is 20.3. The van der Waals surface area contributed by atoms with Crippen molar-refractivity contribution in [2.24, 2.45) is 17.3 Å². The fourth-order valence-electron chi connectivity index (χ4n) is 5.42. The minimum atomic E-state index is -0.361. The number of benzene rings is 2. The van der Waals surface area contributed by atoms with E-state index in [9.17, 15) is 4.79 Å². The maximum absolute atomic E-state index is 13.6. The van der Waals surface area contributed by atoms with Crippen molar-refractivity contribution in [2.75, 3.05) is 14.2 Å². The molecule has 2 aromatic rings. The van der Waals surface area contributed by atoms with Gasteiger partial charge < -0.3 is 18.9 Å². The molecule has 1 fully saturated rings. The van der Waals surface area contributed by atoms with Gasteiger partial charge in [0.25, 0.3) is 0 Å². The van der Waals surface area contributed by atoms with Crippen molar-refractivity contribution in [2.45, 2.75) is 38.9 Å². The Morgan fingerprint density at radius 3 is 1.69 bits per heavy atom. The summed E-state index contributed by atoms with van der Waals surface area (Å²) in [4.78, 5) is 13.6. The zero-order valence-corrected chi connectivity index (χ0v) is 17.2. The number of fused-ring (bicyclic) bond motifs is 4. The van der Waals surface area contributed by atoms with E-state index in [1.54, 1.807) is 14.2 Å². The number of rotatable bonds is 2. The van der Waals surface area contributed by atoms with Crippen molar-refractivity contribution < 1.29 is 23.7 Å². The Morgan fingerprint density at radius 2 is 1.28 bits per heavy atom. The maximum Gasteiger partial charge on any atom is 0.164 e. The predicted octanol–water partition coefficient (Wildman–Crippen LogP) is 3.85. The highest BCUT2D eigenvalue weighted by molar-refractivity contribution is 5.87. The van der Waals surface area contributed by atoms with E-state index in [4.69, 9.17) is 18.9 Å². The number of hydrogen-bond acceptors (Lipinski definition) is 5. The van der Waals surface area contributed by atoms with Crippen LogP contribution in [0.1, 0.15) is 25.0 Å². The summed E-state index contributed by atoms with van der Waals surface area (Å²) in [5, 5.41) is 0. The first-order chi connectivity index (χ1) is 14.0. The molecule has 0 amide bonds. The lowest BCUT2D eigenvalue weighted by Crippen LogP contribution is -2.64. The summed E-state index contributed by atoms with van der Waals surface area (Å²) in [6, 6.07) is 11.8. The van der Waals surface area contributed by atoms with Gasteiger partial charge in [0, 0.05) is 5.41 Å². The molecule has 0 unspecified atom stereocenters. The van der Waals surface area contributed by atoms with Gasteiger partial charge in [0.1, 0.15) is 18.0 Å². The third-order valence-corrected chi connectivity index (χ3v) is 6.86. The summed E-state index contributed by atoms with van der Waals surface area (Å²) in [5.41, 5.74) is 1.71. The van der Waals surface area contributed by atoms with Crippen LogP contribution in [0.3, 0.4) is 0 Å². The number of hydrogen-bond donors (Lipinski definition) is 0. The van der Waals surface area contributed by atoms with Gasteiger partial charge in [-0.25, -0.2) is 0 Å². The standard InChI is InChI=1S/C24H26O5/c1-24(2)22-15(11-13-7-5-9-17(26-3)20(13)28-22)19(25)16-12-14-8-6-10-18(27-4)21(14)29-23(16)24/h5-10,15-16,22-23H,11-12H2,1-4H3/t15-,16+,22-,23+. The van der Waals surface area contributed by atoms with Gasteiger partial charge in [-0.3, -0.25) is 4.79 Å². The number of Topliss-reactive ketones (excluding diaryl/α,β-unsaturated/α-hetero) is 1. The molecule has 1 aliphatic carbocycles. The van der Waals surface area contributed by atoms with E-state index in [0.29, 0.717) is 24.3 Å². The van der Waals surface area contributed by atoms with Crippen molar-refractivity contribution >= 4 is 5.78 Å². The van der Waals surface area contributed by atoms with Gasteiger partial charge >= 0.3 is 0 Å². The number of ether oxygens (including phenoxy) is 4. The molecule has 5 heteroatoms. The van der Waals surface area contributed by atoms with Crippen LogP contribution < -0.4 is 18.9 Å². The second kappa shape index (κ2) is 6.41. The van der Waals surface area contributed by atoms with E-state index in [0.717, 1.165) is 22.6 Å². The molecule has 29 heavy (non-hydrogen) atoms. The molecule has 152 valence electrons. The van der Waals surface area contributed by atoms with Gasteiger partial charge in [-0.1, -0.05) is 38.1 Å². The van der Waals surface area contributed by atoms with E-state index >= 15 is 0 Å². The lowest BCUT2D eigenvalue weighted by molar-refractivity contribution is -0.162. The van der Waals surface area contributed by atoms with Crippen LogP contribution in [0.15, 0.2) is 36.4 Å². The number of carbonyl (C=O) groups excluding carboxylic acids is 1. The molecule has 0 aromatic heterocycles. The van der Waals surface area contributed by atoms with E-state index in [-0.39, 0.29) is 35.2 Å². The molecule has 1 saturated carbocycles. The predicted molar refractivity (Wildman–Crippen MR) is 108 cm³/mol. The van der Waals surface area contributed by atoms with Crippen LogP contribution in [0.25, 0.3) is 0 Å². The van der Waals surface area contributed by atoms with E-state index in [1.165, 1.54) is 0 Å². The Bertz CT molecular complexity index is 904. The lowest BCUT2D eigenvalue weighted by atomic mass is 9.59. The normalized spacial score (nSPS) is 28.6. The minimum Gasteiger partial charge on any atom is -0.493 e. The fourth-order valence-corrected chi connectivity index (χ4v) is 5.42. The van der Waals surface area contributed by atoms with E-state index in [1.807, 2.05) is 36.4 Å². The molecule has 2 aromatic carbocycles. The van der Waals surface area contributed by atoms with Crippen LogP contribution in [0, 0.1) is 17.3 Å². The van der Waals surface area contributed by atoms with Gasteiger partial charge in [0.15, 0.2) is 23.0 Å². The molecular weight excluding hydrogens is 368 g/mol. The molecule has 0 bridgehead atoms. The number of para-hydroxylation sites is 2. The summed E-state index contributed by atoms with van der Waals surface area (Å²) in [5.74, 6) is 2.81.